The Morgan fingerprint density at radius 2 is 1.79 bits per heavy atom. The molecule has 0 fully saturated rings. The molecular formula is C21H16N4O3S. The molecule has 0 amide bonds. The van der Waals surface area contributed by atoms with Crippen LogP contribution < -0.4 is 10.3 Å². The normalized spacial score (nSPS) is 14.2. The molecule has 2 aromatic carbocycles. The third-order valence-corrected chi connectivity index (χ3v) is 4.58. The van der Waals surface area contributed by atoms with Crippen molar-refractivity contribution in [2.45, 2.75) is 6.92 Å². The minimum Gasteiger partial charge on any atom is -0.494 e. The molecule has 2 heterocycles. The minimum absolute atomic E-state index is 0.0480. The molecule has 0 bridgehead atoms. The number of allylic oxidation sites excluding steroid dienone is 1. The standard InChI is InChI=1S/C21H16N4O3S/c1-13-18(23-12-22-13)11-17-19(26)24-21(29)25(20(17)27)14-7-9-16(10-8-14)28-15-5-3-2-4-6-15/h2-12,27H,1H3,(H,24,26,29). The summed E-state index contributed by atoms with van der Waals surface area (Å²) in [5.41, 5.74) is 1.27. The molecule has 29 heavy (non-hydrogen) atoms. The fraction of sp³-hybridized carbons (Fsp3) is 0.0476. The van der Waals surface area contributed by atoms with Gasteiger partial charge in [0.15, 0.2) is 4.77 Å². The number of aromatic nitrogens is 2. The molecule has 8 heteroatoms. The third-order valence-electron chi connectivity index (χ3n) is 4.29. The first-order chi connectivity index (χ1) is 14.0. The van der Waals surface area contributed by atoms with Gasteiger partial charge in [0.2, 0.25) is 5.88 Å². The smallest absolute Gasteiger partial charge is 0.262 e. The molecule has 144 valence electrons. The Bertz CT molecular complexity index is 1270. The zero-order chi connectivity index (χ0) is 20.4. The Balaban J connectivity index is 1.72. The molecule has 0 saturated carbocycles. The van der Waals surface area contributed by atoms with Crippen molar-refractivity contribution in [3.63, 3.8) is 0 Å². The summed E-state index contributed by atoms with van der Waals surface area (Å²) in [4.78, 5) is 23.1. The predicted molar refractivity (Wildman–Crippen MR) is 115 cm³/mol. The number of para-hydroxylation sites is 1. The van der Waals surface area contributed by atoms with E-state index in [2.05, 4.69) is 15.0 Å². The number of aromatic hydroxyl groups is 1. The van der Waals surface area contributed by atoms with Crippen LogP contribution in [0.3, 0.4) is 0 Å². The van der Waals surface area contributed by atoms with Crippen molar-refractivity contribution < 1.29 is 9.84 Å². The molecule has 0 aliphatic carbocycles. The zero-order valence-electron chi connectivity index (χ0n) is 15.4. The van der Waals surface area contributed by atoms with Gasteiger partial charge in [-0.15, -0.1) is 0 Å². The molecule has 1 aromatic heterocycles. The van der Waals surface area contributed by atoms with E-state index >= 15 is 0 Å². The maximum atomic E-state index is 12.3. The van der Waals surface area contributed by atoms with E-state index in [1.807, 2.05) is 30.3 Å². The van der Waals surface area contributed by atoms with Crippen molar-refractivity contribution in [2.75, 3.05) is 0 Å². The number of ether oxygens (including phenoxy) is 1. The number of hydrogen-bond donors (Lipinski definition) is 2. The summed E-state index contributed by atoms with van der Waals surface area (Å²) in [6.45, 7) is 1.77. The summed E-state index contributed by atoms with van der Waals surface area (Å²) in [5.74, 6) is 1.06. The van der Waals surface area contributed by atoms with Gasteiger partial charge in [0.25, 0.3) is 5.56 Å². The Morgan fingerprint density at radius 3 is 2.45 bits per heavy atom. The summed E-state index contributed by atoms with van der Waals surface area (Å²) in [5, 5.41) is 10.8. The lowest BCUT2D eigenvalue weighted by Crippen LogP contribution is -2.16. The molecule has 4 rings (SSSR count). The van der Waals surface area contributed by atoms with E-state index in [0.717, 1.165) is 0 Å². The second-order valence-corrected chi connectivity index (χ2v) is 6.62. The summed E-state index contributed by atoms with van der Waals surface area (Å²) in [7, 11) is 0. The Hall–Kier alpha value is -3.78. The SMILES string of the molecule is CC1=NC=NC1=Cc1c(O)n(-c2ccc(Oc3ccccc3)cc2)c(=S)[nH]c1=O. The van der Waals surface area contributed by atoms with Crippen molar-refractivity contribution >= 4 is 30.3 Å². The molecule has 1 aliphatic heterocycles. The van der Waals surface area contributed by atoms with E-state index in [0.29, 0.717) is 28.6 Å². The van der Waals surface area contributed by atoms with E-state index < -0.39 is 5.56 Å². The maximum Gasteiger partial charge on any atom is 0.262 e. The van der Waals surface area contributed by atoms with E-state index in [4.69, 9.17) is 17.0 Å². The van der Waals surface area contributed by atoms with Crippen LogP contribution in [0.15, 0.2) is 75.1 Å². The van der Waals surface area contributed by atoms with Crippen molar-refractivity contribution in [1.82, 2.24) is 9.55 Å². The molecule has 0 atom stereocenters. The van der Waals surface area contributed by atoms with Gasteiger partial charge in [-0.2, -0.15) is 0 Å². The van der Waals surface area contributed by atoms with Crippen LogP contribution in [0.5, 0.6) is 17.4 Å². The molecule has 2 N–H and O–H groups in total. The van der Waals surface area contributed by atoms with Crippen molar-refractivity contribution in [3.05, 3.63) is 81.0 Å². The van der Waals surface area contributed by atoms with Gasteiger partial charge in [-0.3, -0.25) is 14.3 Å². The second kappa shape index (κ2) is 7.69. The number of aromatic amines is 1. The van der Waals surface area contributed by atoms with Crippen LogP contribution in [0.1, 0.15) is 12.5 Å². The fourth-order valence-corrected chi connectivity index (χ4v) is 3.10. The Kier molecular flexibility index (Phi) is 4.92. The van der Waals surface area contributed by atoms with Crippen molar-refractivity contribution in [1.29, 1.82) is 0 Å². The van der Waals surface area contributed by atoms with Crippen LogP contribution in [0, 0.1) is 4.77 Å². The van der Waals surface area contributed by atoms with E-state index in [-0.39, 0.29) is 16.2 Å². The van der Waals surface area contributed by atoms with Crippen LogP contribution >= 0.6 is 12.2 Å². The molecule has 0 radical (unpaired) electrons. The summed E-state index contributed by atoms with van der Waals surface area (Å²) in [6.07, 6.45) is 2.88. The van der Waals surface area contributed by atoms with Gasteiger partial charge in [0.1, 0.15) is 23.4 Å². The Labute approximate surface area is 171 Å². The average Bonchev–Trinajstić information content (AvgIpc) is 3.12. The van der Waals surface area contributed by atoms with Gasteiger partial charge in [0, 0.05) is 0 Å². The highest BCUT2D eigenvalue weighted by Gasteiger charge is 2.15. The number of H-pyrrole nitrogens is 1. The largest absolute Gasteiger partial charge is 0.494 e. The molecule has 7 nitrogen and oxygen atoms in total. The molecule has 0 spiro atoms. The number of nitrogens with zero attached hydrogens (tertiary/aromatic N) is 3. The zero-order valence-corrected chi connectivity index (χ0v) is 16.2. The molecule has 1 aliphatic rings. The number of benzene rings is 2. The topological polar surface area (TPSA) is 92.0 Å². The molecule has 3 aromatic rings. The lowest BCUT2D eigenvalue weighted by Gasteiger charge is -2.12. The van der Waals surface area contributed by atoms with E-state index in [1.54, 1.807) is 31.2 Å². The van der Waals surface area contributed by atoms with Gasteiger partial charge in [-0.05, 0) is 61.6 Å². The van der Waals surface area contributed by atoms with Crippen LogP contribution in [0.4, 0.5) is 0 Å². The van der Waals surface area contributed by atoms with Crippen LogP contribution in [0.2, 0.25) is 0 Å². The lowest BCUT2D eigenvalue weighted by atomic mass is 10.2. The molecular weight excluding hydrogens is 388 g/mol. The average molecular weight is 404 g/mol. The van der Waals surface area contributed by atoms with Gasteiger partial charge in [0.05, 0.1) is 17.1 Å². The first-order valence-corrected chi connectivity index (χ1v) is 9.14. The predicted octanol–water partition coefficient (Wildman–Crippen LogP) is 4.24. The van der Waals surface area contributed by atoms with Gasteiger partial charge >= 0.3 is 0 Å². The quantitative estimate of drug-likeness (QED) is 0.637. The number of rotatable bonds is 4. The number of nitrogens with one attached hydrogen (secondary N) is 1. The highest BCUT2D eigenvalue weighted by molar-refractivity contribution is 7.71. The Morgan fingerprint density at radius 1 is 1.10 bits per heavy atom. The second-order valence-electron chi connectivity index (χ2n) is 6.23. The molecule has 0 unspecified atom stereocenters. The fourth-order valence-electron chi connectivity index (χ4n) is 2.81. The third kappa shape index (κ3) is 3.78. The molecule has 0 saturated heterocycles. The van der Waals surface area contributed by atoms with Gasteiger partial charge in [-0.1, -0.05) is 18.2 Å². The lowest BCUT2D eigenvalue weighted by molar-refractivity contribution is 0.431. The summed E-state index contributed by atoms with van der Waals surface area (Å²) < 4.78 is 7.23. The van der Waals surface area contributed by atoms with Gasteiger partial charge < -0.3 is 9.84 Å². The first-order valence-electron chi connectivity index (χ1n) is 8.73. The minimum atomic E-state index is -0.504. The number of hydrogen-bond acceptors (Lipinski definition) is 6. The summed E-state index contributed by atoms with van der Waals surface area (Å²) in [6, 6.07) is 16.4. The monoisotopic (exact) mass is 404 g/mol. The highest BCUT2D eigenvalue weighted by atomic mass is 32.1. The highest BCUT2D eigenvalue weighted by Crippen LogP contribution is 2.26. The van der Waals surface area contributed by atoms with Crippen LogP contribution in [-0.4, -0.2) is 26.7 Å². The summed E-state index contributed by atoms with van der Waals surface area (Å²) >= 11 is 5.25. The van der Waals surface area contributed by atoms with E-state index in [9.17, 15) is 9.90 Å². The first kappa shape index (κ1) is 18.6. The van der Waals surface area contributed by atoms with Gasteiger partial charge in [-0.25, -0.2) is 9.98 Å². The number of aliphatic imine (C=N–C) groups is 2. The van der Waals surface area contributed by atoms with E-state index in [1.165, 1.54) is 17.0 Å². The van der Waals surface area contributed by atoms with Crippen LogP contribution in [-0.2, 0) is 0 Å². The van der Waals surface area contributed by atoms with Crippen molar-refractivity contribution in [2.24, 2.45) is 9.98 Å². The van der Waals surface area contributed by atoms with Crippen molar-refractivity contribution in [3.8, 4) is 23.1 Å². The maximum absolute atomic E-state index is 12.3. The van der Waals surface area contributed by atoms with Crippen LogP contribution in [0.25, 0.3) is 11.8 Å².